The standard InChI is InChI=1S/C13H16FNO2/c1-2-7-15-8-12(16)10-17-9-11-5-3-4-6-13(11)14/h1,3-6,12,15-16H,7-10H2. The summed E-state index contributed by atoms with van der Waals surface area (Å²) in [6.07, 6.45) is 4.40. The van der Waals surface area contributed by atoms with Gasteiger partial charge in [0.15, 0.2) is 0 Å². The lowest BCUT2D eigenvalue weighted by molar-refractivity contribution is 0.0284. The van der Waals surface area contributed by atoms with Crippen LogP contribution in [0.3, 0.4) is 0 Å². The Kier molecular flexibility index (Phi) is 6.26. The zero-order valence-corrected chi connectivity index (χ0v) is 9.53. The van der Waals surface area contributed by atoms with Crippen molar-refractivity contribution < 1.29 is 14.2 Å². The van der Waals surface area contributed by atoms with Crippen molar-refractivity contribution >= 4 is 0 Å². The van der Waals surface area contributed by atoms with E-state index >= 15 is 0 Å². The summed E-state index contributed by atoms with van der Waals surface area (Å²) in [6, 6.07) is 6.39. The molecule has 1 aromatic rings. The molecule has 0 aliphatic rings. The second-order valence-electron chi connectivity index (χ2n) is 3.60. The molecule has 1 aromatic carbocycles. The lowest BCUT2D eigenvalue weighted by atomic mass is 10.2. The van der Waals surface area contributed by atoms with Gasteiger partial charge in [0.1, 0.15) is 5.82 Å². The fraction of sp³-hybridized carbons (Fsp3) is 0.385. The van der Waals surface area contributed by atoms with Crippen LogP contribution in [-0.2, 0) is 11.3 Å². The van der Waals surface area contributed by atoms with Crippen LogP contribution in [0, 0.1) is 18.2 Å². The molecule has 92 valence electrons. The molecule has 0 aromatic heterocycles. The summed E-state index contributed by atoms with van der Waals surface area (Å²) in [5.41, 5.74) is 0.483. The first-order valence-corrected chi connectivity index (χ1v) is 5.37. The van der Waals surface area contributed by atoms with Crippen molar-refractivity contribution in [3.05, 3.63) is 35.6 Å². The largest absolute Gasteiger partial charge is 0.389 e. The number of terminal acetylenes is 1. The van der Waals surface area contributed by atoms with Crippen LogP contribution >= 0.6 is 0 Å². The van der Waals surface area contributed by atoms with E-state index in [1.165, 1.54) is 6.07 Å². The van der Waals surface area contributed by atoms with E-state index in [2.05, 4.69) is 11.2 Å². The molecular weight excluding hydrogens is 221 g/mol. The van der Waals surface area contributed by atoms with Gasteiger partial charge in [0.05, 0.1) is 25.9 Å². The average Bonchev–Trinajstić information content (AvgIpc) is 2.32. The Balaban J connectivity index is 2.20. The van der Waals surface area contributed by atoms with Gasteiger partial charge in [-0.2, -0.15) is 0 Å². The average molecular weight is 237 g/mol. The Morgan fingerprint density at radius 3 is 2.94 bits per heavy atom. The second kappa shape index (κ2) is 7.80. The topological polar surface area (TPSA) is 41.5 Å². The molecule has 3 nitrogen and oxygen atoms in total. The van der Waals surface area contributed by atoms with Crippen LogP contribution in [-0.4, -0.2) is 30.9 Å². The number of nitrogens with one attached hydrogen (secondary N) is 1. The van der Waals surface area contributed by atoms with E-state index in [-0.39, 0.29) is 19.0 Å². The minimum Gasteiger partial charge on any atom is -0.389 e. The second-order valence-corrected chi connectivity index (χ2v) is 3.60. The van der Waals surface area contributed by atoms with Crippen molar-refractivity contribution in [2.45, 2.75) is 12.7 Å². The van der Waals surface area contributed by atoms with Crippen LogP contribution in [0.25, 0.3) is 0 Å². The summed E-state index contributed by atoms with van der Waals surface area (Å²) in [4.78, 5) is 0. The Morgan fingerprint density at radius 1 is 1.47 bits per heavy atom. The number of benzene rings is 1. The number of aliphatic hydroxyl groups is 1. The van der Waals surface area contributed by atoms with Gasteiger partial charge in [0.2, 0.25) is 0 Å². The number of ether oxygens (including phenoxy) is 1. The monoisotopic (exact) mass is 237 g/mol. The maximum absolute atomic E-state index is 13.2. The highest BCUT2D eigenvalue weighted by molar-refractivity contribution is 5.16. The first-order valence-electron chi connectivity index (χ1n) is 5.37. The van der Waals surface area contributed by atoms with E-state index in [0.717, 1.165) is 0 Å². The number of aliphatic hydroxyl groups excluding tert-OH is 1. The van der Waals surface area contributed by atoms with E-state index in [4.69, 9.17) is 11.2 Å². The molecule has 0 aliphatic carbocycles. The quantitative estimate of drug-likeness (QED) is 0.547. The molecule has 1 rings (SSSR count). The van der Waals surface area contributed by atoms with Crippen LogP contribution in [0.4, 0.5) is 4.39 Å². The molecule has 0 fully saturated rings. The number of hydrogen-bond acceptors (Lipinski definition) is 3. The molecule has 0 amide bonds. The molecule has 4 heteroatoms. The van der Waals surface area contributed by atoms with Crippen LogP contribution in [0.1, 0.15) is 5.56 Å². The zero-order valence-electron chi connectivity index (χ0n) is 9.53. The summed E-state index contributed by atoms with van der Waals surface area (Å²) < 4.78 is 18.4. The first kappa shape index (κ1) is 13.7. The van der Waals surface area contributed by atoms with Gasteiger partial charge in [-0.3, -0.25) is 0 Å². The zero-order chi connectivity index (χ0) is 12.5. The van der Waals surface area contributed by atoms with Crippen molar-refractivity contribution in [3.63, 3.8) is 0 Å². The van der Waals surface area contributed by atoms with Gasteiger partial charge in [-0.25, -0.2) is 4.39 Å². The SMILES string of the molecule is C#CCNCC(O)COCc1ccccc1F. The van der Waals surface area contributed by atoms with Gasteiger partial charge in [0.25, 0.3) is 0 Å². The highest BCUT2D eigenvalue weighted by Gasteiger charge is 2.05. The molecule has 0 heterocycles. The molecule has 2 N–H and O–H groups in total. The summed E-state index contributed by atoms with van der Waals surface area (Å²) in [5.74, 6) is 2.10. The lowest BCUT2D eigenvalue weighted by Crippen LogP contribution is -2.30. The van der Waals surface area contributed by atoms with Crippen molar-refractivity contribution in [3.8, 4) is 12.3 Å². The summed E-state index contributed by atoms with van der Waals surface area (Å²) in [6.45, 7) is 1.07. The number of rotatable bonds is 7. The molecule has 0 saturated heterocycles. The summed E-state index contributed by atoms with van der Waals surface area (Å²) in [7, 11) is 0. The Morgan fingerprint density at radius 2 is 2.24 bits per heavy atom. The molecule has 0 saturated carbocycles. The van der Waals surface area contributed by atoms with Crippen LogP contribution in [0.2, 0.25) is 0 Å². The van der Waals surface area contributed by atoms with Crippen molar-refractivity contribution in [1.82, 2.24) is 5.32 Å². The van der Waals surface area contributed by atoms with Crippen molar-refractivity contribution in [2.24, 2.45) is 0 Å². The Bertz CT molecular complexity index is 376. The molecule has 0 bridgehead atoms. The third-order valence-electron chi connectivity index (χ3n) is 2.13. The van der Waals surface area contributed by atoms with E-state index in [1.807, 2.05) is 0 Å². The molecule has 0 radical (unpaired) electrons. The summed E-state index contributed by atoms with van der Waals surface area (Å²) in [5, 5.41) is 12.3. The smallest absolute Gasteiger partial charge is 0.128 e. The Hall–Kier alpha value is -1.41. The Labute approximate surface area is 101 Å². The molecule has 17 heavy (non-hydrogen) atoms. The molecule has 1 unspecified atom stereocenters. The van der Waals surface area contributed by atoms with Crippen molar-refractivity contribution in [1.29, 1.82) is 0 Å². The van der Waals surface area contributed by atoms with Crippen LogP contribution in [0.15, 0.2) is 24.3 Å². The van der Waals surface area contributed by atoms with E-state index in [9.17, 15) is 9.50 Å². The fourth-order valence-electron chi connectivity index (χ4n) is 1.29. The minimum atomic E-state index is -0.643. The van der Waals surface area contributed by atoms with E-state index < -0.39 is 6.10 Å². The van der Waals surface area contributed by atoms with Gasteiger partial charge in [-0.05, 0) is 6.07 Å². The third kappa shape index (κ3) is 5.45. The van der Waals surface area contributed by atoms with Crippen molar-refractivity contribution in [2.75, 3.05) is 19.7 Å². The van der Waals surface area contributed by atoms with Crippen LogP contribution in [0.5, 0.6) is 0 Å². The van der Waals surface area contributed by atoms with Gasteiger partial charge in [-0.1, -0.05) is 24.1 Å². The molecule has 0 aliphatic heterocycles. The first-order chi connectivity index (χ1) is 8.24. The highest BCUT2D eigenvalue weighted by atomic mass is 19.1. The fourth-order valence-corrected chi connectivity index (χ4v) is 1.29. The van der Waals surface area contributed by atoms with E-state index in [0.29, 0.717) is 18.7 Å². The molecular formula is C13H16FNO2. The third-order valence-corrected chi connectivity index (χ3v) is 2.13. The van der Waals surface area contributed by atoms with E-state index in [1.54, 1.807) is 18.2 Å². The summed E-state index contributed by atoms with van der Waals surface area (Å²) >= 11 is 0. The lowest BCUT2D eigenvalue weighted by Gasteiger charge is -2.11. The number of halogens is 1. The predicted octanol–water partition coefficient (Wildman–Crippen LogP) is 0.926. The normalized spacial score (nSPS) is 12.1. The minimum absolute atomic E-state index is 0.145. The van der Waals surface area contributed by atoms with Gasteiger partial charge >= 0.3 is 0 Å². The predicted molar refractivity (Wildman–Crippen MR) is 63.8 cm³/mol. The maximum Gasteiger partial charge on any atom is 0.128 e. The molecule has 0 spiro atoms. The van der Waals surface area contributed by atoms with Gasteiger partial charge < -0.3 is 15.2 Å². The van der Waals surface area contributed by atoms with Crippen LogP contribution < -0.4 is 5.32 Å². The maximum atomic E-state index is 13.2. The van der Waals surface area contributed by atoms with Gasteiger partial charge in [0, 0.05) is 12.1 Å². The molecule has 1 atom stereocenters. The highest BCUT2D eigenvalue weighted by Crippen LogP contribution is 2.07. The number of hydrogen-bond donors (Lipinski definition) is 2. The van der Waals surface area contributed by atoms with Gasteiger partial charge in [-0.15, -0.1) is 6.42 Å².